The molecule has 21 heavy (non-hydrogen) atoms. The van der Waals surface area contributed by atoms with Crippen molar-refractivity contribution >= 4 is 11.3 Å². The average Bonchev–Trinajstić information content (AvgIpc) is 2.72. The molecule has 2 nitrogen and oxygen atoms in total. The van der Waals surface area contributed by atoms with Gasteiger partial charge in [0.15, 0.2) is 0 Å². The molecule has 0 saturated heterocycles. The fourth-order valence-corrected chi connectivity index (χ4v) is 4.23. The summed E-state index contributed by atoms with van der Waals surface area (Å²) in [7, 11) is 0. The Kier molecular flexibility index (Phi) is 4.33. The Bertz CT molecular complexity index is 616. The Morgan fingerprint density at radius 1 is 1.10 bits per heavy atom. The van der Waals surface area contributed by atoms with Gasteiger partial charge in [0.1, 0.15) is 11.6 Å². The van der Waals surface area contributed by atoms with E-state index in [2.05, 4.69) is 11.5 Å². The summed E-state index contributed by atoms with van der Waals surface area (Å²) in [6.07, 6.45) is 5.84. The first-order chi connectivity index (χ1) is 10.2. The van der Waals surface area contributed by atoms with Crippen molar-refractivity contribution in [2.45, 2.75) is 38.1 Å². The van der Waals surface area contributed by atoms with E-state index in [1.165, 1.54) is 41.8 Å². The fraction of sp³-hybridized carbons (Fsp3) is 0.375. The molecular formula is C16H18F2N2S. The number of halogens is 2. The fourth-order valence-electron chi connectivity index (χ4n) is 2.89. The van der Waals surface area contributed by atoms with Crippen molar-refractivity contribution < 1.29 is 8.78 Å². The van der Waals surface area contributed by atoms with E-state index in [0.29, 0.717) is 5.56 Å². The number of aryl methyl sites for hydroxylation is 2. The van der Waals surface area contributed by atoms with Crippen LogP contribution in [0.2, 0.25) is 0 Å². The van der Waals surface area contributed by atoms with Gasteiger partial charge in [-0.15, -0.1) is 11.3 Å². The number of hydrogen-bond acceptors (Lipinski definition) is 3. The summed E-state index contributed by atoms with van der Waals surface area (Å²) in [5.74, 6) is 4.49. The molecule has 2 aromatic rings. The van der Waals surface area contributed by atoms with Crippen molar-refractivity contribution in [1.29, 1.82) is 0 Å². The quantitative estimate of drug-likeness (QED) is 0.513. The number of rotatable bonds is 3. The second-order valence-corrected chi connectivity index (χ2v) is 6.59. The van der Waals surface area contributed by atoms with E-state index in [4.69, 9.17) is 5.84 Å². The number of benzene rings is 1. The lowest BCUT2D eigenvalue weighted by Crippen LogP contribution is -2.29. The lowest BCUT2D eigenvalue weighted by atomic mass is 10.0. The summed E-state index contributed by atoms with van der Waals surface area (Å²) in [5, 5.41) is 0. The topological polar surface area (TPSA) is 38.0 Å². The van der Waals surface area contributed by atoms with Crippen LogP contribution in [0.4, 0.5) is 8.78 Å². The molecule has 1 aromatic carbocycles. The van der Waals surface area contributed by atoms with Gasteiger partial charge < -0.3 is 0 Å². The summed E-state index contributed by atoms with van der Waals surface area (Å²) < 4.78 is 27.0. The largest absolute Gasteiger partial charge is 0.271 e. The monoisotopic (exact) mass is 308 g/mol. The predicted octanol–water partition coefficient (Wildman–Crippen LogP) is 3.85. The van der Waals surface area contributed by atoms with Crippen LogP contribution in [0, 0.1) is 11.6 Å². The standard InChI is InChI=1S/C16H18F2N2S/c17-11-6-7-12(13(18)9-11)16(20-19)15-8-10-4-2-1-3-5-14(10)21-15/h6-9,16,20H,1-5,19H2. The normalized spacial score (nSPS) is 16.3. The van der Waals surface area contributed by atoms with Crippen LogP contribution in [0.5, 0.6) is 0 Å². The van der Waals surface area contributed by atoms with E-state index >= 15 is 0 Å². The minimum atomic E-state index is -0.575. The predicted molar refractivity (Wildman–Crippen MR) is 81.1 cm³/mol. The highest BCUT2D eigenvalue weighted by atomic mass is 32.1. The molecule has 0 fully saturated rings. The molecule has 3 N–H and O–H groups in total. The molecule has 1 heterocycles. The first kappa shape index (κ1) is 14.6. The number of hydrazine groups is 1. The highest BCUT2D eigenvalue weighted by molar-refractivity contribution is 7.12. The van der Waals surface area contributed by atoms with Gasteiger partial charge in [0.2, 0.25) is 0 Å². The molecule has 3 rings (SSSR count). The molecule has 1 aliphatic carbocycles. The molecule has 0 amide bonds. The SMILES string of the molecule is NNC(c1cc2c(s1)CCCCC2)c1ccc(F)cc1F. The summed E-state index contributed by atoms with van der Waals surface area (Å²) in [4.78, 5) is 2.38. The zero-order valence-electron chi connectivity index (χ0n) is 11.7. The van der Waals surface area contributed by atoms with Crippen molar-refractivity contribution in [1.82, 2.24) is 5.43 Å². The van der Waals surface area contributed by atoms with Crippen LogP contribution < -0.4 is 11.3 Å². The van der Waals surface area contributed by atoms with Gasteiger partial charge in [-0.25, -0.2) is 14.2 Å². The van der Waals surface area contributed by atoms with E-state index in [1.807, 2.05) is 0 Å². The first-order valence-corrected chi connectivity index (χ1v) is 8.03. The van der Waals surface area contributed by atoms with Crippen LogP contribution in [0.1, 0.15) is 46.2 Å². The van der Waals surface area contributed by atoms with Crippen LogP contribution in [-0.2, 0) is 12.8 Å². The van der Waals surface area contributed by atoms with Crippen molar-refractivity contribution in [2.24, 2.45) is 5.84 Å². The van der Waals surface area contributed by atoms with E-state index in [0.717, 1.165) is 23.8 Å². The van der Waals surface area contributed by atoms with E-state index < -0.39 is 17.7 Å². The lowest BCUT2D eigenvalue weighted by Gasteiger charge is -2.15. The first-order valence-electron chi connectivity index (χ1n) is 7.21. The van der Waals surface area contributed by atoms with E-state index in [9.17, 15) is 8.78 Å². The van der Waals surface area contributed by atoms with Gasteiger partial charge in [-0.3, -0.25) is 5.84 Å². The highest BCUT2D eigenvalue weighted by Gasteiger charge is 2.21. The summed E-state index contributed by atoms with van der Waals surface area (Å²) >= 11 is 1.69. The summed E-state index contributed by atoms with van der Waals surface area (Å²) in [6.45, 7) is 0. The van der Waals surface area contributed by atoms with Gasteiger partial charge in [0, 0.05) is 21.4 Å². The van der Waals surface area contributed by atoms with Crippen LogP contribution in [0.15, 0.2) is 24.3 Å². The zero-order valence-corrected chi connectivity index (χ0v) is 12.5. The third kappa shape index (κ3) is 3.00. The van der Waals surface area contributed by atoms with Gasteiger partial charge in [-0.05, 0) is 43.4 Å². The number of hydrogen-bond donors (Lipinski definition) is 2. The lowest BCUT2D eigenvalue weighted by molar-refractivity contribution is 0.544. The maximum Gasteiger partial charge on any atom is 0.131 e. The molecule has 1 unspecified atom stereocenters. The van der Waals surface area contributed by atoms with Crippen LogP contribution in [-0.4, -0.2) is 0 Å². The molecule has 0 bridgehead atoms. The van der Waals surface area contributed by atoms with Crippen molar-refractivity contribution in [3.8, 4) is 0 Å². The van der Waals surface area contributed by atoms with Gasteiger partial charge in [0.05, 0.1) is 6.04 Å². The summed E-state index contributed by atoms with van der Waals surface area (Å²) in [6, 6.07) is 5.32. The Balaban J connectivity index is 1.96. The smallest absolute Gasteiger partial charge is 0.131 e. The number of nitrogens with two attached hydrogens (primary N) is 1. The molecule has 0 spiro atoms. The number of fused-ring (bicyclic) bond motifs is 1. The zero-order chi connectivity index (χ0) is 14.8. The molecule has 0 radical (unpaired) electrons. The number of nitrogens with one attached hydrogen (secondary N) is 1. The molecule has 5 heteroatoms. The average molecular weight is 308 g/mol. The minimum Gasteiger partial charge on any atom is -0.271 e. The molecule has 112 valence electrons. The Labute approximate surface area is 127 Å². The molecular weight excluding hydrogens is 290 g/mol. The second kappa shape index (κ2) is 6.22. The van der Waals surface area contributed by atoms with Gasteiger partial charge in [-0.2, -0.15) is 0 Å². The molecule has 1 aromatic heterocycles. The maximum atomic E-state index is 14.0. The Morgan fingerprint density at radius 3 is 2.67 bits per heavy atom. The third-order valence-electron chi connectivity index (χ3n) is 3.99. The summed E-state index contributed by atoms with van der Waals surface area (Å²) in [5.41, 5.74) is 4.41. The van der Waals surface area contributed by atoms with Gasteiger partial charge in [-0.1, -0.05) is 12.5 Å². The van der Waals surface area contributed by atoms with E-state index in [-0.39, 0.29) is 0 Å². The highest BCUT2D eigenvalue weighted by Crippen LogP contribution is 2.35. The third-order valence-corrected chi connectivity index (χ3v) is 5.29. The molecule has 0 aliphatic heterocycles. The van der Waals surface area contributed by atoms with E-state index in [1.54, 1.807) is 11.3 Å². The molecule has 0 saturated carbocycles. The Morgan fingerprint density at radius 2 is 1.90 bits per heavy atom. The second-order valence-electron chi connectivity index (χ2n) is 5.42. The van der Waals surface area contributed by atoms with Crippen LogP contribution in [0.3, 0.4) is 0 Å². The molecule has 1 atom stereocenters. The van der Waals surface area contributed by atoms with Crippen molar-refractivity contribution in [2.75, 3.05) is 0 Å². The van der Waals surface area contributed by atoms with Crippen molar-refractivity contribution in [3.05, 3.63) is 56.8 Å². The van der Waals surface area contributed by atoms with Gasteiger partial charge >= 0.3 is 0 Å². The van der Waals surface area contributed by atoms with Crippen LogP contribution in [0.25, 0.3) is 0 Å². The maximum absolute atomic E-state index is 14.0. The molecule has 1 aliphatic rings. The number of thiophene rings is 1. The van der Waals surface area contributed by atoms with Crippen LogP contribution >= 0.6 is 11.3 Å². The van der Waals surface area contributed by atoms with Crippen molar-refractivity contribution in [3.63, 3.8) is 0 Å². The van der Waals surface area contributed by atoms with Gasteiger partial charge in [0.25, 0.3) is 0 Å². The minimum absolute atomic E-state index is 0.385. The Hall–Kier alpha value is -1.30.